The Hall–Kier alpha value is -2.21. The van der Waals surface area contributed by atoms with Gasteiger partial charge in [-0.25, -0.2) is 4.98 Å². The third-order valence-electron chi connectivity index (χ3n) is 4.54. The lowest BCUT2D eigenvalue weighted by Gasteiger charge is -2.33. The van der Waals surface area contributed by atoms with Crippen LogP contribution in [0.25, 0.3) is 0 Å². The van der Waals surface area contributed by atoms with Crippen LogP contribution >= 0.6 is 0 Å². The molecule has 0 radical (unpaired) electrons. The van der Waals surface area contributed by atoms with Crippen LogP contribution < -0.4 is 0 Å². The van der Waals surface area contributed by atoms with Crippen molar-refractivity contribution in [3.8, 4) is 0 Å². The average molecular weight is 342 g/mol. The summed E-state index contributed by atoms with van der Waals surface area (Å²) in [6, 6.07) is 3.99. The molecule has 0 saturated carbocycles. The first kappa shape index (κ1) is 17.6. The third-order valence-corrected chi connectivity index (χ3v) is 4.54. The van der Waals surface area contributed by atoms with Crippen molar-refractivity contribution in [3.63, 3.8) is 0 Å². The van der Waals surface area contributed by atoms with Gasteiger partial charge in [-0.05, 0) is 24.6 Å². The molecule has 1 amide bonds. The fraction of sp³-hybridized carbons (Fsp3) is 0.526. The first-order chi connectivity index (χ1) is 12.0. The molecule has 1 aliphatic heterocycles. The third kappa shape index (κ3) is 4.25. The SMILES string of the molecule is Cc1cc(C2CN(C(=O)CCn3ccnc3C(C)C)CCO2)ccn1. The molecule has 6 nitrogen and oxygen atoms in total. The van der Waals surface area contributed by atoms with Crippen LogP contribution in [-0.4, -0.2) is 45.0 Å². The summed E-state index contributed by atoms with van der Waals surface area (Å²) in [6.07, 6.45) is 5.96. The number of pyridine rings is 1. The summed E-state index contributed by atoms with van der Waals surface area (Å²) < 4.78 is 7.94. The molecule has 2 aromatic heterocycles. The molecule has 1 aliphatic rings. The maximum absolute atomic E-state index is 12.6. The predicted molar refractivity (Wildman–Crippen MR) is 95.2 cm³/mol. The lowest BCUT2D eigenvalue weighted by atomic mass is 10.1. The van der Waals surface area contributed by atoms with Gasteiger partial charge in [0.05, 0.1) is 13.2 Å². The largest absolute Gasteiger partial charge is 0.370 e. The average Bonchev–Trinajstić information content (AvgIpc) is 3.09. The fourth-order valence-corrected chi connectivity index (χ4v) is 3.23. The summed E-state index contributed by atoms with van der Waals surface area (Å²) in [5.41, 5.74) is 2.05. The number of amides is 1. The number of aromatic nitrogens is 3. The molecule has 2 aromatic rings. The van der Waals surface area contributed by atoms with E-state index in [-0.39, 0.29) is 12.0 Å². The van der Waals surface area contributed by atoms with E-state index in [1.165, 1.54) is 0 Å². The molecule has 134 valence electrons. The van der Waals surface area contributed by atoms with Crippen molar-refractivity contribution in [1.82, 2.24) is 19.4 Å². The number of hydrogen-bond donors (Lipinski definition) is 0. The fourth-order valence-electron chi connectivity index (χ4n) is 3.23. The Labute approximate surface area is 148 Å². The number of nitrogens with zero attached hydrogens (tertiary/aromatic N) is 4. The molecular formula is C19H26N4O2. The number of morpholine rings is 1. The van der Waals surface area contributed by atoms with Crippen LogP contribution in [-0.2, 0) is 16.1 Å². The minimum Gasteiger partial charge on any atom is -0.370 e. The van der Waals surface area contributed by atoms with E-state index in [2.05, 4.69) is 28.4 Å². The normalized spacial score (nSPS) is 17.9. The smallest absolute Gasteiger partial charge is 0.224 e. The van der Waals surface area contributed by atoms with Crippen LogP contribution in [0.15, 0.2) is 30.7 Å². The highest BCUT2D eigenvalue weighted by Gasteiger charge is 2.25. The maximum atomic E-state index is 12.6. The van der Waals surface area contributed by atoms with Gasteiger partial charge in [0, 0.05) is 49.7 Å². The number of imidazole rings is 1. The van der Waals surface area contributed by atoms with Gasteiger partial charge in [0.2, 0.25) is 5.91 Å². The van der Waals surface area contributed by atoms with Gasteiger partial charge in [-0.3, -0.25) is 9.78 Å². The zero-order valence-electron chi connectivity index (χ0n) is 15.2. The molecule has 0 N–H and O–H groups in total. The molecule has 0 spiro atoms. The Kier molecular flexibility index (Phi) is 5.48. The topological polar surface area (TPSA) is 60.2 Å². The van der Waals surface area contributed by atoms with E-state index in [1.54, 1.807) is 12.4 Å². The van der Waals surface area contributed by atoms with E-state index in [9.17, 15) is 4.79 Å². The molecule has 3 rings (SSSR count). The zero-order chi connectivity index (χ0) is 17.8. The van der Waals surface area contributed by atoms with E-state index in [0.29, 0.717) is 38.6 Å². The summed E-state index contributed by atoms with van der Waals surface area (Å²) in [5.74, 6) is 1.55. The molecule has 1 saturated heterocycles. The van der Waals surface area contributed by atoms with Crippen LogP contribution in [0.3, 0.4) is 0 Å². The van der Waals surface area contributed by atoms with Gasteiger partial charge in [0.25, 0.3) is 0 Å². The van der Waals surface area contributed by atoms with Crippen LogP contribution in [0, 0.1) is 6.92 Å². The van der Waals surface area contributed by atoms with E-state index in [1.807, 2.05) is 30.2 Å². The second kappa shape index (κ2) is 7.78. The van der Waals surface area contributed by atoms with Crippen LogP contribution in [0.4, 0.5) is 0 Å². The number of carbonyl (C=O) groups excluding carboxylic acids is 1. The van der Waals surface area contributed by atoms with E-state index in [4.69, 9.17) is 4.74 Å². The van der Waals surface area contributed by atoms with Crippen molar-refractivity contribution in [3.05, 3.63) is 47.8 Å². The number of aryl methyl sites for hydroxylation is 2. The molecule has 0 bridgehead atoms. The summed E-state index contributed by atoms with van der Waals surface area (Å²) in [6.45, 7) is 8.69. The van der Waals surface area contributed by atoms with Gasteiger partial charge in [-0.1, -0.05) is 13.8 Å². The molecule has 6 heteroatoms. The molecule has 0 aromatic carbocycles. The van der Waals surface area contributed by atoms with Crippen molar-refractivity contribution < 1.29 is 9.53 Å². The Morgan fingerprint density at radius 2 is 2.20 bits per heavy atom. The van der Waals surface area contributed by atoms with Crippen molar-refractivity contribution in [2.45, 2.75) is 45.8 Å². The van der Waals surface area contributed by atoms with E-state index >= 15 is 0 Å². The molecule has 1 unspecified atom stereocenters. The van der Waals surface area contributed by atoms with E-state index < -0.39 is 0 Å². The second-order valence-electron chi connectivity index (χ2n) is 6.81. The minimum atomic E-state index is -0.0705. The van der Waals surface area contributed by atoms with Crippen molar-refractivity contribution in [1.29, 1.82) is 0 Å². The minimum absolute atomic E-state index is 0.0705. The van der Waals surface area contributed by atoms with Gasteiger partial charge in [-0.2, -0.15) is 0 Å². The van der Waals surface area contributed by atoms with Gasteiger partial charge in [0.15, 0.2) is 0 Å². The van der Waals surface area contributed by atoms with Crippen molar-refractivity contribution in [2.75, 3.05) is 19.7 Å². The second-order valence-corrected chi connectivity index (χ2v) is 6.81. The van der Waals surface area contributed by atoms with Gasteiger partial charge in [0.1, 0.15) is 11.9 Å². The summed E-state index contributed by atoms with van der Waals surface area (Å²) in [4.78, 5) is 23.2. The number of ether oxygens (including phenoxy) is 1. The molecule has 1 fully saturated rings. The first-order valence-corrected chi connectivity index (χ1v) is 8.87. The molecule has 25 heavy (non-hydrogen) atoms. The quantitative estimate of drug-likeness (QED) is 0.838. The highest BCUT2D eigenvalue weighted by molar-refractivity contribution is 5.76. The Morgan fingerprint density at radius 3 is 2.96 bits per heavy atom. The van der Waals surface area contributed by atoms with Crippen LogP contribution in [0.5, 0.6) is 0 Å². The highest BCUT2D eigenvalue weighted by atomic mass is 16.5. The van der Waals surface area contributed by atoms with Crippen molar-refractivity contribution >= 4 is 5.91 Å². The molecule has 0 aliphatic carbocycles. The molecule has 1 atom stereocenters. The molecular weight excluding hydrogens is 316 g/mol. The Morgan fingerprint density at radius 1 is 1.36 bits per heavy atom. The lowest BCUT2D eigenvalue weighted by molar-refractivity contribution is -0.139. The van der Waals surface area contributed by atoms with E-state index in [0.717, 1.165) is 17.1 Å². The maximum Gasteiger partial charge on any atom is 0.224 e. The Balaban J connectivity index is 1.59. The molecule has 3 heterocycles. The summed E-state index contributed by atoms with van der Waals surface area (Å²) >= 11 is 0. The number of rotatable bonds is 5. The van der Waals surface area contributed by atoms with Crippen molar-refractivity contribution in [2.24, 2.45) is 0 Å². The zero-order valence-corrected chi connectivity index (χ0v) is 15.2. The van der Waals surface area contributed by atoms with Gasteiger partial charge in [-0.15, -0.1) is 0 Å². The van der Waals surface area contributed by atoms with Crippen LogP contribution in [0.1, 0.15) is 49.4 Å². The first-order valence-electron chi connectivity index (χ1n) is 8.87. The van der Waals surface area contributed by atoms with Crippen LogP contribution in [0.2, 0.25) is 0 Å². The van der Waals surface area contributed by atoms with Gasteiger partial charge >= 0.3 is 0 Å². The lowest BCUT2D eigenvalue weighted by Crippen LogP contribution is -2.42. The summed E-state index contributed by atoms with van der Waals surface area (Å²) in [7, 11) is 0. The number of hydrogen-bond acceptors (Lipinski definition) is 4. The highest BCUT2D eigenvalue weighted by Crippen LogP contribution is 2.23. The monoisotopic (exact) mass is 342 g/mol. The summed E-state index contributed by atoms with van der Waals surface area (Å²) in [5, 5.41) is 0. The predicted octanol–water partition coefficient (Wildman–Crippen LogP) is 2.70. The van der Waals surface area contributed by atoms with Gasteiger partial charge < -0.3 is 14.2 Å². The standard InChI is InChI=1S/C19H26N4O2/c1-14(2)19-21-7-9-22(19)8-5-18(24)23-10-11-25-17(13-23)16-4-6-20-15(3)12-16/h4,6-7,9,12,14,17H,5,8,10-11,13H2,1-3H3. The number of carbonyl (C=O) groups is 1. The Bertz CT molecular complexity index is 726.